The molecule has 0 aliphatic carbocycles. The quantitative estimate of drug-likeness (QED) is 0.180. The summed E-state index contributed by atoms with van der Waals surface area (Å²) < 4.78 is 0. The molecule has 184 valence electrons. The number of carbonyl (C=O) groups is 4. The van der Waals surface area contributed by atoms with Crippen LogP contribution in [0.25, 0.3) is 0 Å². The van der Waals surface area contributed by atoms with E-state index in [1.165, 1.54) is 6.08 Å². The molecule has 2 N–H and O–H groups in total. The maximum atomic E-state index is 11.9. The summed E-state index contributed by atoms with van der Waals surface area (Å²) in [6.07, 6.45) is 4.88. The Balaban J connectivity index is 0. The molecule has 1 fully saturated rings. The summed E-state index contributed by atoms with van der Waals surface area (Å²) in [4.78, 5) is 53.1. The summed E-state index contributed by atoms with van der Waals surface area (Å²) in [5, 5.41) is 27.2. The number of hydrogen-bond donors (Lipinski definition) is 2. The summed E-state index contributed by atoms with van der Waals surface area (Å²) in [6.45, 7) is 13.2. The smallest absolute Gasteiger partial charge is 0.861 e. The van der Waals surface area contributed by atoms with Crippen molar-refractivity contribution in [1.82, 2.24) is 10.6 Å². The van der Waals surface area contributed by atoms with Crippen molar-refractivity contribution < 1.29 is 88.5 Å². The zero-order valence-electron chi connectivity index (χ0n) is 22.0. The van der Waals surface area contributed by atoms with Crippen LogP contribution in [-0.2, 0) is 14.4 Å². The summed E-state index contributed by atoms with van der Waals surface area (Å²) in [7, 11) is 0. The molecule has 0 bridgehead atoms. The van der Waals surface area contributed by atoms with E-state index in [2.05, 4.69) is 27.2 Å². The maximum Gasteiger partial charge on any atom is 1.00 e. The van der Waals surface area contributed by atoms with Gasteiger partial charge in [-0.05, 0) is 49.8 Å². The van der Waals surface area contributed by atoms with Gasteiger partial charge >= 0.3 is 65.1 Å². The van der Waals surface area contributed by atoms with Gasteiger partial charge in [-0.25, -0.2) is 9.79 Å². The predicted octanol–water partition coefficient (Wildman–Crippen LogP) is -4.81. The number of nitrogens with one attached hydrogen (secondary N) is 2. The molecule has 0 aromatic rings. The molecule has 0 aromatic heterocycles. The molecular weight excluding hydrogens is 474 g/mol. The average Bonchev–Trinajstić information content (AvgIpc) is 2.71. The van der Waals surface area contributed by atoms with Gasteiger partial charge in [-0.15, -0.1) is 6.58 Å². The van der Waals surface area contributed by atoms with Crippen LogP contribution < -0.4 is 80.0 Å². The molecule has 1 saturated heterocycles. The molecule has 10 nitrogen and oxygen atoms in total. The number of barbiturate groups is 1. The summed E-state index contributed by atoms with van der Waals surface area (Å²) in [6, 6.07) is -1.72. The number of hydrogen-bond acceptors (Lipinski definition) is 7. The summed E-state index contributed by atoms with van der Waals surface area (Å²) in [5.41, 5.74) is -2.39. The van der Waals surface area contributed by atoms with Crippen molar-refractivity contribution in [3.05, 3.63) is 12.7 Å². The number of aliphatic imine (C=N–C) groups is 2. The standard InChI is InChI=1S/C12H18N2O3.C11H18N2O3.2Na/c1-4-6-8(3)12(7-5-2)9(15)13-11(17)14-10(12)16;1-4-11(6-5-7(2)3)8(14)12-10(16)13-9(11)15;;/h5,8H,2,4,6-7H2,1,3H3,(H2,13,14,15,16,17);7H,4-6H2,1-3H3,(H2,12,13,14,15,16);;/q;;2*+1/p-2. The van der Waals surface area contributed by atoms with Crippen molar-refractivity contribution in [1.29, 1.82) is 0 Å². The Labute approximate surface area is 251 Å². The fraction of sp³-hybridized carbons (Fsp3) is 0.652. The van der Waals surface area contributed by atoms with Crippen molar-refractivity contribution in [3.63, 3.8) is 0 Å². The van der Waals surface area contributed by atoms with Gasteiger partial charge in [0.1, 0.15) is 5.41 Å². The summed E-state index contributed by atoms with van der Waals surface area (Å²) >= 11 is 0. The Morgan fingerprint density at radius 3 is 1.91 bits per heavy atom. The van der Waals surface area contributed by atoms with Crippen molar-refractivity contribution in [3.8, 4) is 0 Å². The van der Waals surface area contributed by atoms with Gasteiger partial charge in [0.2, 0.25) is 11.8 Å². The molecule has 2 aliphatic rings. The Morgan fingerprint density at radius 1 is 0.971 bits per heavy atom. The van der Waals surface area contributed by atoms with E-state index in [9.17, 15) is 29.4 Å². The van der Waals surface area contributed by atoms with Gasteiger partial charge in [0.15, 0.2) is 0 Å². The predicted molar refractivity (Wildman–Crippen MR) is 120 cm³/mol. The van der Waals surface area contributed by atoms with Crippen LogP contribution in [0.1, 0.15) is 73.1 Å². The molecule has 2 unspecified atom stereocenters. The zero-order chi connectivity index (χ0) is 25.4. The number of carbonyl (C=O) groups excluding carboxylic acids is 4. The van der Waals surface area contributed by atoms with E-state index < -0.39 is 46.5 Å². The number of imide groups is 2. The van der Waals surface area contributed by atoms with E-state index in [4.69, 9.17) is 0 Å². The second-order valence-electron chi connectivity index (χ2n) is 8.88. The third kappa shape index (κ3) is 8.50. The topological polar surface area (TPSA) is 163 Å². The molecule has 35 heavy (non-hydrogen) atoms. The number of rotatable bonds is 9. The van der Waals surface area contributed by atoms with Gasteiger partial charge < -0.3 is 10.2 Å². The largest absolute Gasteiger partial charge is 1.00 e. The Bertz CT molecular complexity index is 839. The van der Waals surface area contributed by atoms with Gasteiger partial charge in [0.25, 0.3) is 5.91 Å². The van der Waals surface area contributed by atoms with Gasteiger partial charge in [0, 0.05) is 0 Å². The molecule has 12 heteroatoms. The van der Waals surface area contributed by atoms with Crippen molar-refractivity contribution in [2.45, 2.75) is 73.1 Å². The number of amides is 5. The fourth-order valence-corrected chi connectivity index (χ4v) is 4.03. The molecule has 0 aromatic carbocycles. The van der Waals surface area contributed by atoms with Crippen LogP contribution >= 0.6 is 0 Å². The van der Waals surface area contributed by atoms with Crippen LogP contribution in [0.5, 0.6) is 0 Å². The van der Waals surface area contributed by atoms with Gasteiger partial charge in [-0.2, -0.15) is 0 Å². The normalized spacial score (nSPS) is 21.7. The monoisotopic (exact) mass is 508 g/mol. The number of allylic oxidation sites excluding steroid dienone is 1. The second kappa shape index (κ2) is 15.9. The Morgan fingerprint density at radius 2 is 1.51 bits per heavy atom. The molecule has 0 radical (unpaired) electrons. The van der Waals surface area contributed by atoms with Crippen LogP contribution in [0.4, 0.5) is 4.79 Å². The van der Waals surface area contributed by atoms with Crippen LogP contribution in [0.15, 0.2) is 22.6 Å². The van der Waals surface area contributed by atoms with Crippen molar-refractivity contribution in [2.24, 2.45) is 32.7 Å². The maximum absolute atomic E-state index is 11.9. The van der Waals surface area contributed by atoms with E-state index in [1.807, 2.05) is 27.7 Å². The minimum atomic E-state index is -1.31. The molecule has 2 aliphatic heterocycles. The molecule has 0 saturated carbocycles. The molecule has 2 rings (SSSR count). The first-order valence-corrected chi connectivity index (χ1v) is 11.2. The minimum absolute atomic E-state index is 0. The summed E-state index contributed by atoms with van der Waals surface area (Å²) in [5.74, 6) is -2.08. The number of amidine groups is 1. The third-order valence-electron chi connectivity index (χ3n) is 6.26. The second-order valence-corrected chi connectivity index (χ2v) is 8.88. The van der Waals surface area contributed by atoms with E-state index in [0.29, 0.717) is 25.2 Å². The van der Waals surface area contributed by atoms with Crippen molar-refractivity contribution >= 4 is 35.7 Å². The van der Waals surface area contributed by atoms with Crippen LogP contribution in [0.3, 0.4) is 0 Å². The van der Waals surface area contributed by atoms with E-state index in [1.54, 1.807) is 6.92 Å². The molecular formula is C23H34N4Na2O6. The molecule has 2 atom stereocenters. The van der Waals surface area contributed by atoms with E-state index in [-0.39, 0.29) is 71.5 Å². The fourth-order valence-electron chi connectivity index (χ4n) is 4.03. The number of urea groups is 1. The van der Waals surface area contributed by atoms with E-state index >= 15 is 0 Å². The first kappa shape index (κ1) is 36.1. The molecule has 5 amide bonds. The van der Waals surface area contributed by atoms with Crippen molar-refractivity contribution in [2.75, 3.05) is 0 Å². The zero-order valence-corrected chi connectivity index (χ0v) is 26.0. The number of nitrogens with zero attached hydrogens (tertiary/aromatic N) is 2. The SMILES string of the molecule is C=CCC1(C(C)CCC)C(=O)N=C([O-])N=C1[O-].CCC1(CCC(C)C)C(=O)NC(=O)NC1=O.[Na+].[Na+]. The van der Waals surface area contributed by atoms with Crippen LogP contribution in [-0.4, -0.2) is 35.7 Å². The molecule has 0 spiro atoms. The van der Waals surface area contributed by atoms with Gasteiger partial charge in [-0.3, -0.25) is 30.0 Å². The third-order valence-corrected chi connectivity index (χ3v) is 6.26. The average molecular weight is 509 g/mol. The van der Waals surface area contributed by atoms with Gasteiger partial charge in [-0.1, -0.05) is 47.1 Å². The van der Waals surface area contributed by atoms with Gasteiger partial charge in [0.05, 0.1) is 11.4 Å². The molecule has 2 heterocycles. The van der Waals surface area contributed by atoms with Crippen LogP contribution in [0, 0.1) is 22.7 Å². The first-order chi connectivity index (χ1) is 15.4. The first-order valence-electron chi connectivity index (χ1n) is 11.2. The van der Waals surface area contributed by atoms with E-state index in [0.717, 1.165) is 12.8 Å². The minimum Gasteiger partial charge on any atom is -0.861 e. The Kier molecular flexibility index (Phi) is 16.4. The van der Waals surface area contributed by atoms with Crippen LogP contribution in [0.2, 0.25) is 0 Å². The Hall–Kier alpha value is -1.04.